The molecule has 4 atom stereocenters. The molecule has 0 aromatic rings. The minimum Gasteiger partial charge on any atom is -0.301 e. The molecule has 4 heteroatoms. The highest BCUT2D eigenvalue weighted by atomic mass is 127. The number of halogens is 1. The lowest BCUT2D eigenvalue weighted by Gasteiger charge is -2.33. The Morgan fingerprint density at radius 1 is 1.05 bits per heavy atom. The first-order valence-corrected chi connectivity index (χ1v) is 10.1. The zero-order chi connectivity index (χ0) is 15.7. The molecule has 2 nitrogen and oxygen atoms in total. The Morgan fingerprint density at radius 3 is 2.10 bits per heavy atom. The van der Waals surface area contributed by atoms with E-state index in [1.54, 1.807) is 0 Å². The van der Waals surface area contributed by atoms with Crippen molar-refractivity contribution in [3.05, 3.63) is 0 Å². The molecule has 0 saturated heterocycles. The fraction of sp³-hybridized carbons (Fsp3) is 1.00. The second kappa shape index (κ2) is 11.6. The zero-order valence-corrected chi connectivity index (χ0v) is 17.4. The van der Waals surface area contributed by atoms with E-state index in [0.717, 1.165) is 24.4 Å². The van der Waals surface area contributed by atoms with E-state index in [1.165, 1.54) is 18.6 Å². The van der Waals surface area contributed by atoms with Gasteiger partial charge in [-0.15, -0.1) is 11.8 Å². The molecule has 0 aromatic carbocycles. The Bertz CT molecular complexity index is 239. The van der Waals surface area contributed by atoms with Crippen molar-refractivity contribution in [3.8, 4) is 0 Å². The molecule has 0 aromatic heterocycles. The second-order valence-electron chi connectivity index (χ2n) is 6.21. The van der Waals surface area contributed by atoms with Crippen molar-refractivity contribution in [2.45, 2.75) is 72.7 Å². The number of hydrogen-bond acceptors (Lipinski definition) is 3. The Balaban J connectivity index is 4.23. The van der Waals surface area contributed by atoms with Crippen LogP contribution in [0, 0.1) is 17.8 Å². The first-order chi connectivity index (χ1) is 9.34. The molecular formula is C16H35IN2S. The van der Waals surface area contributed by atoms with Crippen molar-refractivity contribution in [2.75, 3.05) is 12.4 Å². The minimum absolute atomic E-state index is 0.582. The molecule has 0 saturated carbocycles. The van der Waals surface area contributed by atoms with Gasteiger partial charge in [-0.05, 0) is 43.3 Å². The summed E-state index contributed by atoms with van der Waals surface area (Å²) >= 11 is 4.50. The van der Waals surface area contributed by atoms with Gasteiger partial charge >= 0.3 is 0 Å². The van der Waals surface area contributed by atoms with Gasteiger partial charge < -0.3 is 5.32 Å². The van der Waals surface area contributed by atoms with E-state index < -0.39 is 0 Å². The maximum absolute atomic E-state index is 3.77. The number of hydrogen-bond donors (Lipinski definition) is 1. The highest BCUT2D eigenvalue weighted by molar-refractivity contribution is 14.1. The van der Waals surface area contributed by atoms with Crippen molar-refractivity contribution >= 4 is 34.6 Å². The van der Waals surface area contributed by atoms with Crippen LogP contribution in [0.2, 0.25) is 0 Å². The summed E-state index contributed by atoms with van der Waals surface area (Å²) in [5, 5.41) is 4.35. The van der Waals surface area contributed by atoms with E-state index in [2.05, 4.69) is 79.8 Å². The van der Waals surface area contributed by atoms with E-state index in [-0.39, 0.29) is 0 Å². The summed E-state index contributed by atoms with van der Waals surface area (Å²) in [6, 6.07) is 0.619. The molecule has 0 rings (SSSR count). The van der Waals surface area contributed by atoms with Gasteiger partial charge in [0.05, 0.1) is 12.0 Å². The molecule has 20 heavy (non-hydrogen) atoms. The topological polar surface area (TPSA) is 15.3 Å². The van der Waals surface area contributed by atoms with Crippen LogP contribution in [0.15, 0.2) is 0 Å². The molecule has 0 aliphatic rings. The van der Waals surface area contributed by atoms with Gasteiger partial charge in [0, 0.05) is 28.9 Å². The lowest BCUT2D eigenvalue weighted by atomic mass is 9.81. The van der Waals surface area contributed by atoms with E-state index in [4.69, 9.17) is 0 Å². The van der Waals surface area contributed by atoms with Gasteiger partial charge in [0.2, 0.25) is 0 Å². The van der Waals surface area contributed by atoms with Crippen LogP contribution in [0.1, 0.15) is 61.3 Å². The summed E-state index contributed by atoms with van der Waals surface area (Å²) in [5.41, 5.74) is 0. The van der Waals surface area contributed by atoms with Crippen molar-refractivity contribution in [1.29, 1.82) is 0 Å². The van der Waals surface area contributed by atoms with Crippen molar-refractivity contribution in [2.24, 2.45) is 17.8 Å². The summed E-state index contributed by atoms with van der Waals surface area (Å²) < 4.78 is 2.40. The predicted octanol–water partition coefficient (Wildman–Crippen LogP) is 5.38. The van der Waals surface area contributed by atoms with Gasteiger partial charge in [-0.1, -0.05) is 41.5 Å². The number of rotatable bonds is 11. The van der Waals surface area contributed by atoms with Crippen LogP contribution in [0.4, 0.5) is 0 Å². The standard InChI is InChI=1S/C16H35IN2S/c1-8-10-20-15(7)19(17)11-18-16(9-2)14(6)13(5)12(3)4/h12-16,18H,8-11H2,1-7H3/t13?,14?,15-,16?/m0/s1. The van der Waals surface area contributed by atoms with Crippen molar-refractivity contribution in [1.82, 2.24) is 8.43 Å². The van der Waals surface area contributed by atoms with Crippen LogP contribution in [-0.2, 0) is 0 Å². The average Bonchev–Trinajstić information content (AvgIpc) is 2.43. The molecular weight excluding hydrogens is 379 g/mol. The number of nitrogens with zero attached hydrogens (tertiary/aromatic N) is 1. The van der Waals surface area contributed by atoms with Gasteiger partial charge in [0.15, 0.2) is 0 Å². The van der Waals surface area contributed by atoms with Crippen LogP contribution >= 0.6 is 34.6 Å². The van der Waals surface area contributed by atoms with Crippen molar-refractivity contribution < 1.29 is 0 Å². The van der Waals surface area contributed by atoms with E-state index in [9.17, 15) is 0 Å². The smallest absolute Gasteiger partial charge is 0.0634 e. The van der Waals surface area contributed by atoms with Gasteiger partial charge in [0.1, 0.15) is 0 Å². The van der Waals surface area contributed by atoms with Crippen LogP contribution < -0.4 is 5.32 Å². The van der Waals surface area contributed by atoms with Crippen LogP contribution in [0.5, 0.6) is 0 Å². The molecule has 0 aliphatic heterocycles. The summed E-state index contributed by atoms with van der Waals surface area (Å²) in [5.74, 6) is 3.50. The van der Waals surface area contributed by atoms with E-state index in [1.807, 2.05) is 11.8 Å². The Kier molecular flexibility index (Phi) is 12.1. The number of thioether (sulfide) groups is 1. The summed E-state index contributed by atoms with van der Waals surface area (Å²) in [6.07, 6.45) is 2.46. The molecule has 0 fully saturated rings. The third kappa shape index (κ3) is 7.85. The molecule has 0 spiro atoms. The molecule has 122 valence electrons. The summed E-state index contributed by atoms with van der Waals surface area (Å²) in [6.45, 7) is 17.3. The lowest BCUT2D eigenvalue weighted by molar-refractivity contribution is 0.215. The molecule has 1 N–H and O–H groups in total. The summed E-state index contributed by atoms with van der Waals surface area (Å²) in [7, 11) is 0. The minimum atomic E-state index is 0.582. The zero-order valence-electron chi connectivity index (χ0n) is 14.4. The third-order valence-corrected chi connectivity index (χ3v) is 7.35. The quantitative estimate of drug-likeness (QED) is 0.278. The highest BCUT2D eigenvalue weighted by Crippen LogP contribution is 2.25. The van der Waals surface area contributed by atoms with E-state index >= 15 is 0 Å². The fourth-order valence-corrected chi connectivity index (χ4v) is 3.87. The van der Waals surface area contributed by atoms with Crippen LogP contribution in [-0.4, -0.2) is 27.0 Å². The fourth-order valence-electron chi connectivity index (χ4n) is 2.38. The van der Waals surface area contributed by atoms with Gasteiger partial charge in [-0.2, -0.15) is 0 Å². The van der Waals surface area contributed by atoms with Gasteiger partial charge in [-0.3, -0.25) is 0 Å². The highest BCUT2D eigenvalue weighted by Gasteiger charge is 2.24. The van der Waals surface area contributed by atoms with Crippen LogP contribution in [0.3, 0.4) is 0 Å². The first kappa shape index (κ1) is 21.0. The van der Waals surface area contributed by atoms with Crippen LogP contribution in [0.25, 0.3) is 0 Å². The SMILES string of the molecule is CCCS[C@@H](C)N(I)CNC(CC)C(C)C(C)C(C)C. The second-order valence-corrected chi connectivity index (χ2v) is 8.87. The molecule has 3 unspecified atom stereocenters. The van der Waals surface area contributed by atoms with Gasteiger partial charge in [0.25, 0.3) is 0 Å². The molecule has 0 heterocycles. The summed E-state index contributed by atoms with van der Waals surface area (Å²) in [4.78, 5) is 0. The average molecular weight is 414 g/mol. The molecule has 0 amide bonds. The predicted molar refractivity (Wildman–Crippen MR) is 103 cm³/mol. The molecule has 0 bridgehead atoms. The first-order valence-electron chi connectivity index (χ1n) is 8.12. The maximum Gasteiger partial charge on any atom is 0.0634 e. The monoisotopic (exact) mass is 414 g/mol. The van der Waals surface area contributed by atoms with E-state index in [0.29, 0.717) is 11.4 Å². The maximum atomic E-state index is 3.77. The largest absolute Gasteiger partial charge is 0.301 e. The third-order valence-electron chi connectivity index (χ3n) is 4.42. The molecule has 0 aliphatic carbocycles. The van der Waals surface area contributed by atoms with Crippen molar-refractivity contribution in [3.63, 3.8) is 0 Å². The normalized spacial score (nSPS) is 18.3. The number of nitrogens with one attached hydrogen (secondary N) is 1. The van der Waals surface area contributed by atoms with Gasteiger partial charge in [-0.25, -0.2) is 3.11 Å². The Morgan fingerprint density at radius 2 is 1.65 bits per heavy atom. The molecule has 0 radical (unpaired) electrons. The Labute approximate surface area is 145 Å². The lowest BCUT2D eigenvalue weighted by Crippen LogP contribution is -2.43. The Hall–Kier alpha value is 1.00.